The third-order valence-electron chi connectivity index (χ3n) is 2.99. The molecule has 1 N–H and O–H groups in total. The molecule has 1 amide bonds. The summed E-state index contributed by atoms with van der Waals surface area (Å²) in [5.41, 5.74) is 2.01. The van der Waals surface area contributed by atoms with Crippen LogP contribution >= 0.6 is 11.3 Å². The minimum atomic E-state index is -0.364. The van der Waals surface area contributed by atoms with Gasteiger partial charge < -0.3 is 5.32 Å². The van der Waals surface area contributed by atoms with Gasteiger partial charge in [-0.1, -0.05) is 6.07 Å². The van der Waals surface area contributed by atoms with Crippen molar-refractivity contribution in [2.45, 2.75) is 6.54 Å². The Kier molecular flexibility index (Phi) is 4.20. The van der Waals surface area contributed by atoms with Crippen molar-refractivity contribution in [3.8, 4) is 11.4 Å². The normalized spacial score (nSPS) is 10.4. The third kappa shape index (κ3) is 3.35. The zero-order valence-corrected chi connectivity index (χ0v) is 12.3. The highest BCUT2D eigenvalue weighted by Crippen LogP contribution is 2.19. The van der Waals surface area contributed by atoms with Crippen molar-refractivity contribution in [1.82, 2.24) is 15.3 Å². The van der Waals surface area contributed by atoms with Crippen molar-refractivity contribution in [2.75, 3.05) is 0 Å². The summed E-state index contributed by atoms with van der Waals surface area (Å²) >= 11 is 1.46. The molecule has 2 aromatic heterocycles. The molecule has 0 aliphatic rings. The molecule has 0 fully saturated rings. The number of nitrogens with one attached hydrogen (secondary N) is 1. The molecule has 1 aromatic carbocycles. The number of carbonyl (C=O) groups excluding carboxylic acids is 1. The van der Waals surface area contributed by atoms with Gasteiger partial charge in [0.1, 0.15) is 10.8 Å². The van der Waals surface area contributed by atoms with Crippen molar-refractivity contribution < 1.29 is 9.18 Å². The fourth-order valence-electron chi connectivity index (χ4n) is 1.88. The van der Waals surface area contributed by atoms with Crippen LogP contribution in [0.5, 0.6) is 0 Å². The first-order valence-corrected chi connectivity index (χ1v) is 7.50. The van der Waals surface area contributed by atoms with E-state index >= 15 is 0 Å². The fraction of sp³-hybridized carbons (Fsp3) is 0.0625. The number of hydrogen-bond donors (Lipinski definition) is 1. The van der Waals surface area contributed by atoms with Crippen LogP contribution in [0.4, 0.5) is 4.39 Å². The molecule has 0 saturated heterocycles. The Hall–Kier alpha value is -2.60. The highest BCUT2D eigenvalue weighted by molar-refractivity contribution is 7.09. The minimum absolute atomic E-state index is 0.255. The largest absolute Gasteiger partial charge is 0.346 e. The maximum absolute atomic E-state index is 12.8. The second kappa shape index (κ2) is 6.44. The molecule has 2 heterocycles. The van der Waals surface area contributed by atoms with Crippen molar-refractivity contribution in [2.24, 2.45) is 0 Å². The molecule has 0 atom stereocenters. The van der Waals surface area contributed by atoms with E-state index in [1.165, 1.54) is 35.6 Å². The third-order valence-corrected chi connectivity index (χ3v) is 3.83. The summed E-state index contributed by atoms with van der Waals surface area (Å²) in [4.78, 5) is 20.6. The van der Waals surface area contributed by atoms with Crippen LogP contribution in [0.25, 0.3) is 11.4 Å². The van der Waals surface area contributed by atoms with E-state index in [2.05, 4.69) is 15.3 Å². The van der Waals surface area contributed by atoms with Gasteiger partial charge in [0, 0.05) is 17.1 Å². The smallest absolute Gasteiger partial charge is 0.251 e. The van der Waals surface area contributed by atoms with Crippen LogP contribution in [0.1, 0.15) is 15.4 Å². The average Bonchev–Trinajstić information content (AvgIpc) is 3.03. The lowest BCUT2D eigenvalue weighted by atomic mass is 10.2. The SMILES string of the molecule is O=C(NCc1nc(-c2ccccn2)cs1)c1ccc(F)cc1. The number of nitrogens with zero attached hydrogens (tertiary/aromatic N) is 2. The topological polar surface area (TPSA) is 54.9 Å². The maximum atomic E-state index is 12.8. The Morgan fingerprint density at radius 1 is 1.14 bits per heavy atom. The van der Waals surface area contributed by atoms with Crippen molar-refractivity contribution in [3.05, 3.63) is 70.4 Å². The van der Waals surface area contributed by atoms with E-state index < -0.39 is 0 Å². The fourth-order valence-corrected chi connectivity index (χ4v) is 2.61. The lowest BCUT2D eigenvalue weighted by Gasteiger charge is -2.02. The molecule has 22 heavy (non-hydrogen) atoms. The molecule has 0 saturated carbocycles. The van der Waals surface area contributed by atoms with E-state index in [0.29, 0.717) is 12.1 Å². The standard InChI is InChI=1S/C16H12FN3OS/c17-12-6-4-11(5-7-12)16(21)19-9-15-20-14(10-22-15)13-3-1-2-8-18-13/h1-8,10H,9H2,(H,19,21). The van der Waals surface area contributed by atoms with Crippen molar-refractivity contribution in [1.29, 1.82) is 0 Å². The number of hydrogen-bond acceptors (Lipinski definition) is 4. The molecular weight excluding hydrogens is 301 g/mol. The van der Waals surface area contributed by atoms with Gasteiger partial charge >= 0.3 is 0 Å². The van der Waals surface area contributed by atoms with Gasteiger partial charge in [-0.3, -0.25) is 9.78 Å². The number of carbonyl (C=O) groups is 1. The van der Waals surface area contributed by atoms with Crippen LogP contribution < -0.4 is 5.32 Å². The summed E-state index contributed by atoms with van der Waals surface area (Å²) in [6, 6.07) is 11.1. The number of aromatic nitrogens is 2. The minimum Gasteiger partial charge on any atom is -0.346 e. The summed E-state index contributed by atoms with van der Waals surface area (Å²) in [6.07, 6.45) is 1.71. The lowest BCUT2D eigenvalue weighted by Crippen LogP contribution is -2.22. The predicted octanol–water partition coefficient (Wildman–Crippen LogP) is 3.27. The first-order valence-electron chi connectivity index (χ1n) is 6.62. The molecule has 4 nitrogen and oxygen atoms in total. The molecule has 0 bridgehead atoms. The molecule has 3 rings (SSSR count). The maximum Gasteiger partial charge on any atom is 0.251 e. The highest BCUT2D eigenvalue weighted by Gasteiger charge is 2.08. The van der Waals surface area contributed by atoms with Crippen LogP contribution in [-0.2, 0) is 6.54 Å². The van der Waals surface area contributed by atoms with Gasteiger partial charge in [-0.25, -0.2) is 9.37 Å². The summed E-state index contributed by atoms with van der Waals surface area (Å²) in [5, 5.41) is 5.46. The molecule has 0 aliphatic heterocycles. The van der Waals surface area contributed by atoms with E-state index in [4.69, 9.17) is 0 Å². The number of pyridine rings is 1. The highest BCUT2D eigenvalue weighted by atomic mass is 32.1. The monoisotopic (exact) mass is 313 g/mol. The molecule has 0 radical (unpaired) electrons. The molecule has 0 unspecified atom stereocenters. The van der Waals surface area contributed by atoms with E-state index in [1.54, 1.807) is 6.20 Å². The van der Waals surface area contributed by atoms with Crippen LogP contribution in [0.2, 0.25) is 0 Å². The first-order chi connectivity index (χ1) is 10.7. The number of halogens is 1. The number of benzene rings is 1. The Morgan fingerprint density at radius 2 is 1.95 bits per heavy atom. The Bertz CT molecular complexity index is 772. The van der Waals surface area contributed by atoms with E-state index in [1.807, 2.05) is 23.6 Å². The van der Waals surface area contributed by atoms with E-state index in [-0.39, 0.29) is 11.7 Å². The first kappa shape index (κ1) is 14.3. The molecule has 0 aliphatic carbocycles. The zero-order valence-electron chi connectivity index (χ0n) is 11.5. The Labute approximate surface area is 130 Å². The second-order valence-electron chi connectivity index (χ2n) is 4.53. The van der Waals surface area contributed by atoms with E-state index in [0.717, 1.165) is 16.4 Å². The van der Waals surface area contributed by atoms with Gasteiger partial charge in [0.25, 0.3) is 5.91 Å². The molecular formula is C16H12FN3OS. The quantitative estimate of drug-likeness (QED) is 0.804. The predicted molar refractivity (Wildman–Crippen MR) is 82.9 cm³/mol. The summed E-state index contributed by atoms with van der Waals surface area (Å²) < 4.78 is 12.8. The molecule has 0 spiro atoms. The van der Waals surface area contributed by atoms with Crippen molar-refractivity contribution in [3.63, 3.8) is 0 Å². The Balaban J connectivity index is 1.64. The summed E-state index contributed by atoms with van der Waals surface area (Å²) in [6.45, 7) is 0.327. The Morgan fingerprint density at radius 3 is 2.68 bits per heavy atom. The second-order valence-corrected chi connectivity index (χ2v) is 5.47. The van der Waals surface area contributed by atoms with Crippen LogP contribution in [0.3, 0.4) is 0 Å². The van der Waals surface area contributed by atoms with Crippen LogP contribution in [-0.4, -0.2) is 15.9 Å². The van der Waals surface area contributed by atoms with E-state index in [9.17, 15) is 9.18 Å². The average molecular weight is 313 g/mol. The summed E-state index contributed by atoms with van der Waals surface area (Å²) in [5.74, 6) is -0.619. The van der Waals surface area contributed by atoms with Gasteiger partial charge in [0.2, 0.25) is 0 Å². The number of thiazole rings is 1. The van der Waals surface area contributed by atoms with Gasteiger partial charge in [-0.15, -0.1) is 11.3 Å². The lowest BCUT2D eigenvalue weighted by molar-refractivity contribution is 0.0951. The molecule has 3 aromatic rings. The number of amides is 1. The molecule has 110 valence electrons. The summed E-state index contributed by atoms with van der Waals surface area (Å²) in [7, 11) is 0. The van der Waals surface area contributed by atoms with Crippen LogP contribution in [0, 0.1) is 5.82 Å². The van der Waals surface area contributed by atoms with Gasteiger partial charge in [0.05, 0.1) is 17.9 Å². The van der Waals surface area contributed by atoms with Crippen LogP contribution in [0.15, 0.2) is 54.0 Å². The van der Waals surface area contributed by atoms with Gasteiger partial charge in [-0.2, -0.15) is 0 Å². The van der Waals surface area contributed by atoms with Gasteiger partial charge in [-0.05, 0) is 36.4 Å². The zero-order chi connectivity index (χ0) is 15.4. The van der Waals surface area contributed by atoms with Gasteiger partial charge in [0.15, 0.2) is 0 Å². The van der Waals surface area contributed by atoms with Crippen molar-refractivity contribution >= 4 is 17.2 Å². The molecule has 6 heteroatoms. The number of rotatable bonds is 4.